The van der Waals surface area contributed by atoms with Crippen LogP contribution >= 0.6 is 0 Å². The van der Waals surface area contributed by atoms with Crippen LogP contribution in [0.4, 0.5) is 4.39 Å². The average Bonchev–Trinajstić information content (AvgIpc) is 2.30. The molecule has 0 aliphatic heterocycles. The fraction of sp³-hybridized carbons (Fsp3) is 0.0833. The van der Waals surface area contributed by atoms with E-state index in [1.807, 2.05) is 0 Å². The molecule has 15 heavy (non-hydrogen) atoms. The third-order valence-electron chi connectivity index (χ3n) is 2.17. The monoisotopic (exact) mass is 203 g/mol. The van der Waals surface area contributed by atoms with Gasteiger partial charge in [0.05, 0.1) is 6.61 Å². The molecule has 0 aliphatic carbocycles. The fourth-order valence-electron chi connectivity index (χ4n) is 1.37. The van der Waals surface area contributed by atoms with Gasteiger partial charge in [-0.25, -0.2) is 4.39 Å². The van der Waals surface area contributed by atoms with E-state index in [0.717, 1.165) is 5.56 Å². The molecule has 0 fully saturated rings. The van der Waals surface area contributed by atoms with Crippen LogP contribution in [-0.4, -0.2) is 10.1 Å². The van der Waals surface area contributed by atoms with E-state index < -0.39 is 0 Å². The molecular weight excluding hydrogens is 193 g/mol. The predicted molar refractivity (Wildman–Crippen MR) is 55.6 cm³/mol. The largest absolute Gasteiger partial charge is 0.392 e. The van der Waals surface area contributed by atoms with Crippen LogP contribution in [0, 0.1) is 5.82 Å². The van der Waals surface area contributed by atoms with Gasteiger partial charge < -0.3 is 5.11 Å². The first-order valence-electron chi connectivity index (χ1n) is 4.62. The van der Waals surface area contributed by atoms with Crippen LogP contribution in [0.3, 0.4) is 0 Å². The van der Waals surface area contributed by atoms with Gasteiger partial charge in [0.25, 0.3) is 0 Å². The first kappa shape index (κ1) is 9.80. The highest BCUT2D eigenvalue weighted by Crippen LogP contribution is 2.20. The number of aromatic nitrogens is 1. The molecule has 0 unspecified atom stereocenters. The van der Waals surface area contributed by atoms with Crippen molar-refractivity contribution in [3.8, 4) is 11.3 Å². The van der Waals surface area contributed by atoms with Crippen molar-refractivity contribution >= 4 is 0 Å². The molecule has 2 rings (SSSR count). The van der Waals surface area contributed by atoms with Crippen molar-refractivity contribution in [3.63, 3.8) is 0 Å². The van der Waals surface area contributed by atoms with Crippen molar-refractivity contribution in [2.75, 3.05) is 0 Å². The molecule has 0 atom stereocenters. The zero-order chi connectivity index (χ0) is 10.7. The minimum absolute atomic E-state index is 0.00895. The van der Waals surface area contributed by atoms with E-state index in [1.165, 1.54) is 6.07 Å². The highest BCUT2D eigenvalue weighted by atomic mass is 19.1. The van der Waals surface area contributed by atoms with Gasteiger partial charge in [-0.1, -0.05) is 24.3 Å². The lowest BCUT2D eigenvalue weighted by atomic mass is 10.1. The molecule has 0 radical (unpaired) electrons. The number of pyridine rings is 1. The highest BCUT2D eigenvalue weighted by molar-refractivity contribution is 5.59. The van der Waals surface area contributed by atoms with E-state index in [0.29, 0.717) is 11.3 Å². The van der Waals surface area contributed by atoms with Gasteiger partial charge in [-0.2, -0.15) is 0 Å². The van der Waals surface area contributed by atoms with Crippen LogP contribution in [0.15, 0.2) is 42.6 Å². The average molecular weight is 203 g/mol. The number of halogens is 1. The number of benzene rings is 1. The third-order valence-corrected chi connectivity index (χ3v) is 2.17. The number of nitrogens with zero attached hydrogens (tertiary/aromatic N) is 1. The van der Waals surface area contributed by atoms with Crippen LogP contribution in [0.1, 0.15) is 5.56 Å². The molecule has 3 heteroatoms. The quantitative estimate of drug-likeness (QED) is 0.812. The molecular formula is C12H10FNO. The second-order valence-electron chi connectivity index (χ2n) is 3.19. The lowest BCUT2D eigenvalue weighted by Gasteiger charge is -2.02. The lowest BCUT2D eigenvalue weighted by molar-refractivity contribution is 0.282. The number of rotatable bonds is 2. The van der Waals surface area contributed by atoms with Crippen LogP contribution in [-0.2, 0) is 6.61 Å². The smallest absolute Gasteiger partial charge is 0.149 e. The van der Waals surface area contributed by atoms with E-state index in [1.54, 1.807) is 36.5 Å². The summed E-state index contributed by atoms with van der Waals surface area (Å²) in [4.78, 5) is 3.97. The van der Waals surface area contributed by atoms with Crippen molar-refractivity contribution < 1.29 is 9.50 Å². The van der Waals surface area contributed by atoms with Crippen molar-refractivity contribution in [2.24, 2.45) is 0 Å². The van der Waals surface area contributed by atoms with Crippen LogP contribution in [0.5, 0.6) is 0 Å². The molecule has 0 spiro atoms. The maximum absolute atomic E-state index is 13.3. The molecule has 1 aromatic heterocycles. The molecule has 1 heterocycles. The zero-order valence-electron chi connectivity index (χ0n) is 8.02. The minimum atomic E-state index is -0.339. The van der Waals surface area contributed by atoms with E-state index >= 15 is 0 Å². The predicted octanol–water partition coefficient (Wildman–Crippen LogP) is 2.38. The Bertz CT molecular complexity index is 453. The Hall–Kier alpha value is -1.74. The minimum Gasteiger partial charge on any atom is -0.392 e. The highest BCUT2D eigenvalue weighted by Gasteiger charge is 2.04. The lowest BCUT2D eigenvalue weighted by Crippen LogP contribution is -1.89. The van der Waals surface area contributed by atoms with Gasteiger partial charge in [-0.05, 0) is 17.7 Å². The molecule has 0 aliphatic rings. The molecule has 76 valence electrons. The summed E-state index contributed by atoms with van der Waals surface area (Å²) in [5, 5.41) is 8.86. The summed E-state index contributed by atoms with van der Waals surface area (Å²) in [5.41, 5.74) is 1.85. The Balaban J connectivity index is 2.42. The molecule has 1 aromatic carbocycles. The first-order chi connectivity index (χ1) is 7.31. The van der Waals surface area contributed by atoms with E-state index in [4.69, 9.17) is 5.11 Å². The fourth-order valence-corrected chi connectivity index (χ4v) is 1.37. The van der Waals surface area contributed by atoms with Crippen LogP contribution in [0.25, 0.3) is 11.3 Å². The summed E-state index contributed by atoms with van der Waals surface area (Å²) in [6.07, 6.45) is 1.55. The van der Waals surface area contributed by atoms with Gasteiger partial charge in [-0.15, -0.1) is 0 Å². The Morgan fingerprint density at radius 1 is 1.13 bits per heavy atom. The standard InChI is InChI=1S/C12H10FNO/c13-11-2-1-7-14-12(11)10-5-3-9(8-15)4-6-10/h1-7,15H,8H2. The molecule has 0 saturated heterocycles. The summed E-state index contributed by atoms with van der Waals surface area (Å²) >= 11 is 0. The SMILES string of the molecule is OCc1ccc(-c2ncccc2F)cc1. The van der Waals surface area contributed by atoms with E-state index in [2.05, 4.69) is 4.98 Å². The third kappa shape index (κ3) is 2.02. The van der Waals surface area contributed by atoms with Gasteiger partial charge in [0.15, 0.2) is 0 Å². The zero-order valence-corrected chi connectivity index (χ0v) is 8.02. The number of hydrogen-bond donors (Lipinski definition) is 1. The summed E-state index contributed by atoms with van der Waals surface area (Å²) in [5.74, 6) is -0.339. The number of aliphatic hydroxyl groups is 1. The van der Waals surface area contributed by atoms with Crippen molar-refractivity contribution in [2.45, 2.75) is 6.61 Å². The van der Waals surface area contributed by atoms with Gasteiger partial charge in [0.2, 0.25) is 0 Å². The second-order valence-corrected chi connectivity index (χ2v) is 3.19. The summed E-state index contributed by atoms with van der Waals surface area (Å²) in [6, 6.07) is 9.93. The Morgan fingerprint density at radius 3 is 2.47 bits per heavy atom. The summed E-state index contributed by atoms with van der Waals surface area (Å²) in [6.45, 7) is -0.00895. The number of hydrogen-bond acceptors (Lipinski definition) is 2. The summed E-state index contributed by atoms with van der Waals surface area (Å²) < 4.78 is 13.3. The first-order valence-corrected chi connectivity index (χ1v) is 4.62. The van der Waals surface area contributed by atoms with Crippen LogP contribution < -0.4 is 0 Å². The van der Waals surface area contributed by atoms with Crippen molar-refractivity contribution in [3.05, 3.63) is 54.0 Å². The maximum Gasteiger partial charge on any atom is 0.149 e. The van der Waals surface area contributed by atoms with Crippen molar-refractivity contribution in [1.29, 1.82) is 0 Å². The molecule has 2 nitrogen and oxygen atoms in total. The maximum atomic E-state index is 13.3. The Kier molecular flexibility index (Phi) is 2.74. The van der Waals surface area contributed by atoms with E-state index in [-0.39, 0.29) is 12.4 Å². The van der Waals surface area contributed by atoms with Gasteiger partial charge in [-0.3, -0.25) is 4.98 Å². The van der Waals surface area contributed by atoms with Gasteiger partial charge in [0.1, 0.15) is 11.5 Å². The normalized spacial score (nSPS) is 10.3. The topological polar surface area (TPSA) is 33.1 Å². The van der Waals surface area contributed by atoms with Gasteiger partial charge in [0, 0.05) is 11.8 Å². The van der Waals surface area contributed by atoms with Gasteiger partial charge >= 0.3 is 0 Å². The second kappa shape index (κ2) is 4.19. The van der Waals surface area contributed by atoms with Crippen LogP contribution in [0.2, 0.25) is 0 Å². The molecule has 2 aromatic rings. The molecule has 0 amide bonds. The molecule has 1 N–H and O–H groups in total. The Morgan fingerprint density at radius 2 is 1.87 bits per heavy atom. The summed E-state index contributed by atoms with van der Waals surface area (Å²) in [7, 11) is 0. The number of aliphatic hydroxyl groups excluding tert-OH is 1. The van der Waals surface area contributed by atoms with Crippen molar-refractivity contribution in [1.82, 2.24) is 4.98 Å². The molecule has 0 bridgehead atoms. The van der Waals surface area contributed by atoms with E-state index in [9.17, 15) is 4.39 Å². The molecule has 0 saturated carbocycles. The Labute approximate surface area is 87.0 Å².